The minimum atomic E-state index is -4.48. The van der Waals surface area contributed by atoms with Gasteiger partial charge in [0.25, 0.3) is 0 Å². The lowest BCUT2D eigenvalue weighted by Gasteiger charge is -2.37. The van der Waals surface area contributed by atoms with Crippen LogP contribution < -0.4 is 0 Å². The maximum Gasteiger partial charge on any atom is 0.522 e. The van der Waals surface area contributed by atoms with Crippen molar-refractivity contribution in [2.45, 2.75) is 96.4 Å². The lowest BCUT2D eigenvalue weighted by molar-refractivity contribution is -0.345. The smallest absolute Gasteiger partial charge is 0.289 e. The zero-order valence-electron chi connectivity index (χ0n) is 15.5. The van der Waals surface area contributed by atoms with Gasteiger partial charge in [-0.2, -0.15) is 0 Å². The maximum atomic E-state index is 12.3. The summed E-state index contributed by atoms with van der Waals surface area (Å²) in [5.74, 6) is 3.23. The van der Waals surface area contributed by atoms with Gasteiger partial charge in [0.2, 0.25) is 0 Å². The summed E-state index contributed by atoms with van der Waals surface area (Å²) in [6.07, 6.45) is 10.8. The molecule has 4 heteroatoms. The van der Waals surface area contributed by atoms with Gasteiger partial charge in [0.15, 0.2) is 0 Å². The first-order valence-corrected chi connectivity index (χ1v) is 10.4. The van der Waals surface area contributed by atoms with Crippen molar-refractivity contribution < 1.29 is 17.9 Å². The molecule has 0 heterocycles. The summed E-state index contributed by atoms with van der Waals surface area (Å²) in [4.78, 5) is 0. The maximum absolute atomic E-state index is 12.3. The van der Waals surface area contributed by atoms with E-state index in [1.54, 1.807) is 0 Å². The van der Waals surface area contributed by atoms with Crippen LogP contribution in [0, 0.1) is 23.7 Å². The second kappa shape index (κ2) is 8.45. The topological polar surface area (TPSA) is 9.23 Å². The van der Waals surface area contributed by atoms with Gasteiger partial charge in [-0.3, -0.25) is 4.74 Å². The molecule has 2 saturated carbocycles. The van der Waals surface area contributed by atoms with Crippen LogP contribution in [0.3, 0.4) is 0 Å². The molecule has 0 N–H and O–H groups in total. The van der Waals surface area contributed by atoms with Crippen LogP contribution in [0.25, 0.3) is 0 Å². The number of hydrogen-bond donors (Lipinski definition) is 0. The monoisotopic (exact) mass is 358 g/mol. The zero-order chi connectivity index (χ0) is 17.9. The Balaban J connectivity index is 1.43. The predicted octanol–water partition coefficient (Wildman–Crippen LogP) is 7.02. The Labute approximate surface area is 150 Å². The van der Waals surface area contributed by atoms with Gasteiger partial charge in [0.1, 0.15) is 0 Å². The molecule has 3 aliphatic rings. The fraction of sp³-hybridized carbons (Fsp3) is 0.905. The molecule has 0 aromatic heterocycles. The van der Waals surface area contributed by atoms with Gasteiger partial charge in [-0.15, -0.1) is 13.2 Å². The fourth-order valence-corrected chi connectivity index (χ4v) is 5.48. The standard InChI is InChI=1S/C21H33F3O/c1-2-15-3-5-16(6-4-15)17-7-9-18(10-8-17)19-11-13-20(14-12-19)25-21(22,23)24/h9,15-17,19-20H,2-8,10-14H2,1H3. The first-order chi connectivity index (χ1) is 11.9. The normalized spacial score (nSPS) is 37.6. The minimum absolute atomic E-state index is 0.505. The van der Waals surface area contributed by atoms with Crippen molar-refractivity contribution in [3.63, 3.8) is 0 Å². The highest BCUT2D eigenvalue weighted by Gasteiger charge is 2.36. The number of ether oxygens (including phenoxy) is 1. The van der Waals surface area contributed by atoms with Crippen molar-refractivity contribution in [1.82, 2.24) is 0 Å². The van der Waals surface area contributed by atoms with Crippen LogP contribution >= 0.6 is 0 Å². The fourth-order valence-electron chi connectivity index (χ4n) is 5.48. The van der Waals surface area contributed by atoms with Crippen LogP contribution in [-0.2, 0) is 4.74 Å². The molecule has 0 radical (unpaired) electrons. The van der Waals surface area contributed by atoms with Gasteiger partial charge in [0.05, 0.1) is 6.10 Å². The summed E-state index contributed by atoms with van der Waals surface area (Å²) < 4.78 is 41.2. The van der Waals surface area contributed by atoms with Crippen molar-refractivity contribution in [1.29, 1.82) is 0 Å². The summed E-state index contributed by atoms with van der Waals surface area (Å²) >= 11 is 0. The average molecular weight is 358 g/mol. The Morgan fingerprint density at radius 3 is 2.12 bits per heavy atom. The Hall–Kier alpha value is -0.510. The van der Waals surface area contributed by atoms with E-state index in [0.29, 0.717) is 18.8 Å². The van der Waals surface area contributed by atoms with Gasteiger partial charge < -0.3 is 0 Å². The Kier molecular flexibility index (Phi) is 6.51. The summed E-state index contributed by atoms with van der Waals surface area (Å²) in [5, 5.41) is 0. The number of alkyl halides is 3. The second-order valence-electron chi connectivity index (χ2n) is 8.54. The molecule has 25 heavy (non-hydrogen) atoms. The molecule has 0 bridgehead atoms. The molecular formula is C21H33F3O. The van der Waals surface area contributed by atoms with Gasteiger partial charge in [-0.05, 0) is 81.5 Å². The molecule has 0 aromatic rings. The molecular weight excluding hydrogens is 325 g/mol. The van der Waals surface area contributed by atoms with E-state index in [0.717, 1.165) is 30.6 Å². The minimum Gasteiger partial charge on any atom is -0.289 e. The van der Waals surface area contributed by atoms with Gasteiger partial charge in [0, 0.05) is 0 Å². The van der Waals surface area contributed by atoms with E-state index in [2.05, 4.69) is 17.7 Å². The number of allylic oxidation sites excluding steroid dienone is 2. The first kappa shape index (κ1) is 19.3. The van der Waals surface area contributed by atoms with Crippen LogP contribution in [0.4, 0.5) is 13.2 Å². The Morgan fingerprint density at radius 1 is 0.920 bits per heavy atom. The molecule has 3 aliphatic carbocycles. The summed E-state index contributed by atoms with van der Waals surface area (Å²) in [6.45, 7) is 2.31. The third-order valence-corrected chi connectivity index (χ3v) is 7.12. The van der Waals surface area contributed by atoms with E-state index in [9.17, 15) is 13.2 Å². The Morgan fingerprint density at radius 2 is 1.60 bits per heavy atom. The van der Waals surface area contributed by atoms with Crippen molar-refractivity contribution in [3.8, 4) is 0 Å². The van der Waals surface area contributed by atoms with Crippen LogP contribution in [0.5, 0.6) is 0 Å². The quantitative estimate of drug-likeness (QED) is 0.490. The SMILES string of the molecule is CCC1CCC(C2CC=C(C3CCC(OC(F)(F)F)CC3)CC2)CC1. The van der Waals surface area contributed by atoms with E-state index in [1.165, 1.54) is 56.9 Å². The third kappa shape index (κ3) is 5.48. The molecule has 0 amide bonds. The van der Waals surface area contributed by atoms with E-state index in [4.69, 9.17) is 0 Å². The lowest BCUT2D eigenvalue weighted by Crippen LogP contribution is -2.29. The van der Waals surface area contributed by atoms with Crippen LogP contribution in [0.15, 0.2) is 11.6 Å². The average Bonchev–Trinajstić information content (AvgIpc) is 2.61. The highest BCUT2D eigenvalue weighted by molar-refractivity contribution is 5.12. The van der Waals surface area contributed by atoms with Crippen molar-refractivity contribution in [3.05, 3.63) is 11.6 Å². The van der Waals surface area contributed by atoms with Crippen molar-refractivity contribution in [2.75, 3.05) is 0 Å². The van der Waals surface area contributed by atoms with Gasteiger partial charge in [-0.25, -0.2) is 0 Å². The van der Waals surface area contributed by atoms with Gasteiger partial charge >= 0.3 is 6.36 Å². The van der Waals surface area contributed by atoms with E-state index < -0.39 is 12.5 Å². The zero-order valence-corrected chi connectivity index (χ0v) is 15.5. The third-order valence-electron chi connectivity index (χ3n) is 7.12. The molecule has 2 fully saturated rings. The molecule has 0 saturated heterocycles. The number of halogens is 3. The summed E-state index contributed by atoms with van der Waals surface area (Å²) in [7, 11) is 0. The predicted molar refractivity (Wildman–Crippen MR) is 94.0 cm³/mol. The molecule has 1 nitrogen and oxygen atoms in total. The van der Waals surface area contributed by atoms with Crippen LogP contribution in [0.1, 0.15) is 84.0 Å². The van der Waals surface area contributed by atoms with E-state index in [-0.39, 0.29) is 0 Å². The molecule has 1 atom stereocenters. The molecule has 1 unspecified atom stereocenters. The second-order valence-corrected chi connectivity index (χ2v) is 8.54. The van der Waals surface area contributed by atoms with Crippen LogP contribution in [0.2, 0.25) is 0 Å². The van der Waals surface area contributed by atoms with Crippen molar-refractivity contribution in [2.24, 2.45) is 23.7 Å². The van der Waals surface area contributed by atoms with Gasteiger partial charge in [-0.1, -0.05) is 37.8 Å². The molecule has 3 rings (SSSR count). The summed E-state index contributed by atoms with van der Waals surface area (Å²) in [6, 6.07) is 0. The van der Waals surface area contributed by atoms with E-state index >= 15 is 0 Å². The lowest BCUT2D eigenvalue weighted by atomic mass is 9.69. The van der Waals surface area contributed by atoms with Crippen molar-refractivity contribution >= 4 is 0 Å². The molecule has 144 valence electrons. The first-order valence-electron chi connectivity index (χ1n) is 10.4. The van der Waals surface area contributed by atoms with Crippen LogP contribution in [-0.4, -0.2) is 12.5 Å². The molecule has 0 spiro atoms. The van der Waals surface area contributed by atoms with E-state index in [1.807, 2.05) is 0 Å². The number of rotatable bonds is 4. The largest absolute Gasteiger partial charge is 0.522 e. The number of hydrogen-bond acceptors (Lipinski definition) is 1. The highest BCUT2D eigenvalue weighted by Crippen LogP contribution is 2.43. The highest BCUT2D eigenvalue weighted by atomic mass is 19.4. The summed E-state index contributed by atoms with van der Waals surface area (Å²) in [5.41, 5.74) is 1.53. The molecule has 0 aliphatic heterocycles. The Bertz CT molecular complexity index is 441. The molecule has 0 aromatic carbocycles.